The van der Waals surface area contributed by atoms with Crippen molar-refractivity contribution in [3.8, 4) is 11.4 Å². The van der Waals surface area contributed by atoms with Gasteiger partial charge in [0.15, 0.2) is 0 Å². The van der Waals surface area contributed by atoms with E-state index in [0.29, 0.717) is 12.2 Å². The number of aromatic amines is 1. The van der Waals surface area contributed by atoms with Crippen molar-refractivity contribution in [3.63, 3.8) is 0 Å². The number of benzene rings is 1. The molecule has 0 radical (unpaired) electrons. The maximum absolute atomic E-state index is 13.2. The Hall–Kier alpha value is -2.89. The molecule has 1 N–H and O–H groups in total. The second kappa shape index (κ2) is 6.78. The van der Waals surface area contributed by atoms with Crippen LogP contribution >= 0.6 is 0 Å². The number of hydrogen-bond donors (Lipinski definition) is 1. The van der Waals surface area contributed by atoms with Gasteiger partial charge in [0.2, 0.25) is 0 Å². The van der Waals surface area contributed by atoms with Crippen molar-refractivity contribution in [2.24, 2.45) is 7.05 Å². The average molecular weight is 352 g/mol. The Balaban J connectivity index is 1.60. The van der Waals surface area contributed by atoms with Crippen molar-refractivity contribution in [3.05, 3.63) is 65.7 Å². The van der Waals surface area contributed by atoms with E-state index < -0.39 is 0 Å². The van der Waals surface area contributed by atoms with Crippen molar-refractivity contribution in [1.29, 1.82) is 0 Å². The molecule has 0 unspecified atom stereocenters. The molecule has 4 rings (SSSR count). The average Bonchev–Trinajstić information content (AvgIpc) is 3.30. The zero-order chi connectivity index (χ0) is 18.1. The summed E-state index contributed by atoms with van der Waals surface area (Å²) in [6, 6.07) is 12.1. The van der Waals surface area contributed by atoms with Crippen LogP contribution in [0, 0.1) is 5.82 Å². The lowest BCUT2D eigenvalue weighted by Crippen LogP contribution is -2.38. The van der Waals surface area contributed by atoms with Gasteiger partial charge in [0, 0.05) is 19.8 Å². The number of likely N-dealkylation sites (tertiary alicyclic amines) is 1. The SMILES string of the molecule is Cn1cccc1-c1cc(C(=O)N2CCCC[C@H]2c2ccc(F)cc2)[nH]n1. The van der Waals surface area contributed by atoms with Crippen molar-refractivity contribution >= 4 is 5.91 Å². The molecule has 0 spiro atoms. The van der Waals surface area contributed by atoms with Crippen LogP contribution in [0.1, 0.15) is 41.4 Å². The molecule has 26 heavy (non-hydrogen) atoms. The van der Waals surface area contributed by atoms with Gasteiger partial charge in [-0.3, -0.25) is 9.89 Å². The van der Waals surface area contributed by atoms with Crippen LogP contribution in [-0.4, -0.2) is 32.1 Å². The number of aromatic nitrogens is 3. The first kappa shape index (κ1) is 16.6. The Bertz CT molecular complexity index is 912. The third-order valence-electron chi connectivity index (χ3n) is 5.03. The maximum atomic E-state index is 13.2. The lowest BCUT2D eigenvalue weighted by atomic mass is 9.95. The monoisotopic (exact) mass is 352 g/mol. The second-order valence-electron chi connectivity index (χ2n) is 6.73. The van der Waals surface area contributed by atoms with E-state index >= 15 is 0 Å². The summed E-state index contributed by atoms with van der Waals surface area (Å²) in [6.07, 6.45) is 4.86. The third kappa shape index (κ3) is 3.03. The van der Waals surface area contributed by atoms with Gasteiger partial charge in [-0.2, -0.15) is 5.10 Å². The highest BCUT2D eigenvalue weighted by Crippen LogP contribution is 2.32. The molecule has 1 saturated heterocycles. The standard InChI is InChI=1S/C20H21FN4O/c1-24-11-4-6-19(24)16-13-17(23-22-16)20(26)25-12-3-2-5-18(25)14-7-9-15(21)10-8-14/h4,6-11,13,18H,2-3,5,12H2,1H3,(H,22,23)/t18-/m0/s1. The topological polar surface area (TPSA) is 53.9 Å². The number of H-pyrrole nitrogens is 1. The number of hydrogen-bond acceptors (Lipinski definition) is 2. The van der Waals surface area contributed by atoms with Gasteiger partial charge < -0.3 is 9.47 Å². The summed E-state index contributed by atoms with van der Waals surface area (Å²) < 4.78 is 15.2. The molecule has 2 aromatic heterocycles. The number of aryl methyl sites for hydroxylation is 1. The molecule has 5 nitrogen and oxygen atoms in total. The molecular formula is C20H21FN4O. The first-order valence-electron chi connectivity index (χ1n) is 8.87. The number of rotatable bonds is 3. The zero-order valence-electron chi connectivity index (χ0n) is 14.7. The fourth-order valence-electron chi connectivity index (χ4n) is 3.65. The van der Waals surface area contributed by atoms with Gasteiger partial charge in [0.05, 0.1) is 11.7 Å². The minimum atomic E-state index is -0.261. The molecule has 1 aromatic carbocycles. The van der Waals surface area contributed by atoms with Crippen LogP contribution in [-0.2, 0) is 7.05 Å². The molecule has 1 aliphatic heterocycles. The van der Waals surface area contributed by atoms with Gasteiger partial charge >= 0.3 is 0 Å². The molecule has 3 heterocycles. The van der Waals surface area contributed by atoms with E-state index in [4.69, 9.17) is 0 Å². The molecule has 3 aromatic rings. The summed E-state index contributed by atoms with van der Waals surface area (Å²) in [5.74, 6) is -0.324. The lowest BCUT2D eigenvalue weighted by Gasteiger charge is -2.35. The fourth-order valence-corrected chi connectivity index (χ4v) is 3.65. The van der Waals surface area contributed by atoms with Crippen LogP contribution in [0.25, 0.3) is 11.4 Å². The van der Waals surface area contributed by atoms with E-state index in [1.165, 1.54) is 12.1 Å². The molecule has 0 aliphatic carbocycles. The number of nitrogens with one attached hydrogen (secondary N) is 1. The highest BCUT2D eigenvalue weighted by Gasteiger charge is 2.29. The van der Waals surface area contributed by atoms with Gasteiger partial charge in [0.25, 0.3) is 5.91 Å². The van der Waals surface area contributed by atoms with Gasteiger partial charge in [-0.25, -0.2) is 4.39 Å². The summed E-state index contributed by atoms with van der Waals surface area (Å²) in [6.45, 7) is 0.694. The number of piperidine rings is 1. The summed E-state index contributed by atoms with van der Waals surface area (Å²) in [4.78, 5) is 15.0. The summed E-state index contributed by atoms with van der Waals surface area (Å²) in [5, 5.41) is 7.19. The molecule has 134 valence electrons. The van der Waals surface area contributed by atoms with Crippen LogP contribution in [0.15, 0.2) is 48.7 Å². The Morgan fingerprint density at radius 2 is 2.04 bits per heavy atom. The van der Waals surface area contributed by atoms with E-state index in [0.717, 1.165) is 36.2 Å². The summed E-state index contributed by atoms with van der Waals surface area (Å²) >= 11 is 0. The van der Waals surface area contributed by atoms with E-state index in [-0.39, 0.29) is 17.8 Å². The number of amides is 1. The molecule has 1 aliphatic rings. The fraction of sp³-hybridized carbons (Fsp3) is 0.300. The number of carbonyl (C=O) groups is 1. The Kier molecular flexibility index (Phi) is 4.32. The molecule has 0 bridgehead atoms. The Labute approximate surface area is 151 Å². The first-order chi connectivity index (χ1) is 12.6. The van der Waals surface area contributed by atoms with Crippen molar-refractivity contribution < 1.29 is 9.18 Å². The van der Waals surface area contributed by atoms with Crippen molar-refractivity contribution in [1.82, 2.24) is 19.7 Å². The largest absolute Gasteiger partial charge is 0.349 e. The maximum Gasteiger partial charge on any atom is 0.272 e. The van der Waals surface area contributed by atoms with Gasteiger partial charge in [0.1, 0.15) is 17.2 Å². The smallest absolute Gasteiger partial charge is 0.272 e. The highest BCUT2D eigenvalue weighted by molar-refractivity contribution is 5.93. The van der Waals surface area contributed by atoms with Crippen LogP contribution in [0.5, 0.6) is 0 Å². The highest BCUT2D eigenvalue weighted by atomic mass is 19.1. The van der Waals surface area contributed by atoms with E-state index in [2.05, 4.69) is 10.2 Å². The van der Waals surface area contributed by atoms with Crippen molar-refractivity contribution in [2.75, 3.05) is 6.54 Å². The van der Waals surface area contributed by atoms with Gasteiger partial charge in [-0.1, -0.05) is 12.1 Å². The zero-order valence-corrected chi connectivity index (χ0v) is 14.7. The minimum absolute atomic E-state index is 0.0290. The predicted molar refractivity (Wildman–Crippen MR) is 97.0 cm³/mol. The van der Waals surface area contributed by atoms with Crippen molar-refractivity contribution in [2.45, 2.75) is 25.3 Å². The Morgan fingerprint density at radius 1 is 1.23 bits per heavy atom. The van der Waals surface area contributed by atoms with Gasteiger partial charge in [-0.15, -0.1) is 0 Å². The van der Waals surface area contributed by atoms with E-state index in [1.54, 1.807) is 18.2 Å². The lowest BCUT2D eigenvalue weighted by molar-refractivity contribution is 0.0605. The first-order valence-corrected chi connectivity index (χ1v) is 8.87. The normalized spacial score (nSPS) is 17.5. The third-order valence-corrected chi connectivity index (χ3v) is 5.03. The molecule has 1 fully saturated rings. The Morgan fingerprint density at radius 3 is 2.77 bits per heavy atom. The number of nitrogens with zero attached hydrogens (tertiary/aromatic N) is 3. The van der Waals surface area contributed by atoms with Crippen LogP contribution < -0.4 is 0 Å². The summed E-state index contributed by atoms with van der Waals surface area (Å²) in [7, 11) is 1.95. The van der Waals surface area contributed by atoms with Gasteiger partial charge in [-0.05, 0) is 55.2 Å². The number of carbonyl (C=O) groups excluding carboxylic acids is 1. The molecule has 6 heteroatoms. The van der Waals surface area contributed by atoms with Crippen LogP contribution in [0.3, 0.4) is 0 Å². The van der Waals surface area contributed by atoms with E-state index in [1.807, 2.05) is 34.8 Å². The number of halogens is 1. The minimum Gasteiger partial charge on any atom is -0.349 e. The van der Waals surface area contributed by atoms with Crippen LogP contribution in [0.4, 0.5) is 4.39 Å². The van der Waals surface area contributed by atoms with E-state index in [9.17, 15) is 9.18 Å². The predicted octanol–water partition coefficient (Wildman–Crippen LogP) is 3.92. The molecule has 1 atom stereocenters. The molecule has 1 amide bonds. The second-order valence-corrected chi connectivity index (χ2v) is 6.73. The van der Waals surface area contributed by atoms with Crippen LogP contribution in [0.2, 0.25) is 0 Å². The quantitative estimate of drug-likeness (QED) is 0.777. The summed E-state index contributed by atoms with van der Waals surface area (Å²) in [5.41, 5.74) is 3.15. The molecule has 0 saturated carbocycles. The molecular weight excluding hydrogens is 331 g/mol.